The predicted molar refractivity (Wildman–Crippen MR) is 94.2 cm³/mol. The maximum Gasteiger partial charge on any atom is 0.227 e. The van der Waals surface area contributed by atoms with Crippen molar-refractivity contribution in [2.24, 2.45) is 5.41 Å². The van der Waals surface area contributed by atoms with Gasteiger partial charge in [0.2, 0.25) is 5.95 Å². The van der Waals surface area contributed by atoms with E-state index in [4.69, 9.17) is 4.74 Å². The number of anilines is 1. The lowest BCUT2D eigenvalue weighted by atomic mass is 9.81. The normalized spacial score (nSPS) is 17.2. The van der Waals surface area contributed by atoms with E-state index < -0.39 is 0 Å². The molecule has 1 aliphatic heterocycles. The molecule has 0 unspecified atom stereocenters. The van der Waals surface area contributed by atoms with Gasteiger partial charge in [-0.15, -0.1) is 10.2 Å². The Morgan fingerprint density at radius 3 is 2.50 bits per heavy atom. The lowest BCUT2D eigenvalue weighted by molar-refractivity contribution is 0.0728. The van der Waals surface area contributed by atoms with Gasteiger partial charge in [0.05, 0.1) is 6.61 Å². The monoisotopic (exact) mass is 329 g/mol. The average molecular weight is 329 g/mol. The molecule has 0 N–H and O–H groups in total. The molecule has 6 heteroatoms. The number of ether oxygens (including phenoxy) is 1. The van der Waals surface area contributed by atoms with Crippen LogP contribution < -0.4 is 4.90 Å². The summed E-state index contributed by atoms with van der Waals surface area (Å²) in [5, 5.41) is 8.95. The SMILES string of the molecule is CCn1c(Cc2ccncc2)nnc1N1CCC(C)(COC)CC1. The molecule has 24 heavy (non-hydrogen) atoms. The highest BCUT2D eigenvalue weighted by Crippen LogP contribution is 2.32. The maximum absolute atomic E-state index is 5.38. The molecule has 0 atom stereocenters. The first-order chi connectivity index (χ1) is 11.6. The van der Waals surface area contributed by atoms with Gasteiger partial charge in [-0.05, 0) is 42.9 Å². The van der Waals surface area contributed by atoms with Crippen LogP contribution in [-0.2, 0) is 17.7 Å². The van der Waals surface area contributed by atoms with E-state index in [1.54, 1.807) is 7.11 Å². The van der Waals surface area contributed by atoms with Crippen LogP contribution in [0.15, 0.2) is 24.5 Å². The van der Waals surface area contributed by atoms with Crippen molar-refractivity contribution < 1.29 is 4.74 Å². The number of rotatable bonds is 6. The van der Waals surface area contributed by atoms with Crippen molar-refractivity contribution in [1.29, 1.82) is 0 Å². The van der Waals surface area contributed by atoms with Crippen LogP contribution in [0, 0.1) is 5.41 Å². The molecule has 130 valence electrons. The van der Waals surface area contributed by atoms with Crippen LogP contribution in [-0.4, -0.2) is 46.6 Å². The molecule has 0 saturated carbocycles. The fraction of sp³-hybridized carbons (Fsp3) is 0.611. The summed E-state index contributed by atoms with van der Waals surface area (Å²) in [6, 6.07) is 4.07. The van der Waals surface area contributed by atoms with E-state index in [1.165, 1.54) is 5.56 Å². The molecular weight excluding hydrogens is 302 g/mol. The molecule has 2 aromatic rings. The molecular formula is C18H27N5O. The summed E-state index contributed by atoms with van der Waals surface area (Å²) in [5.74, 6) is 2.02. The number of piperidine rings is 1. The van der Waals surface area contributed by atoms with Gasteiger partial charge in [-0.3, -0.25) is 9.55 Å². The number of nitrogens with zero attached hydrogens (tertiary/aromatic N) is 5. The van der Waals surface area contributed by atoms with Gasteiger partial charge in [-0.25, -0.2) is 0 Å². The zero-order valence-corrected chi connectivity index (χ0v) is 14.9. The van der Waals surface area contributed by atoms with Crippen LogP contribution in [0.3, 0.4) is 0 Å². The van der Waals surface area contributed by atoms with E-state index >= 15 is 0 Å². The standard InChI is InChI=1S/C18H27N5O/c1-4-23-16(13-15-5-9-19-10-6-15)20-21-17(23)22-11-7-18(2,8-12-22)14-24-3/h5-6,9-10H,4,7-8,11-14H2,1-3H3. The highest BCUT2D eigenvalue weighted by Gasteiger charge is 2.32. The predicted octanol–water partition coefficient (Wildman–Crippen LogP) is 2.54. The van der Waals surface area contributed by atoms with E-state index in [1.807, 2.05) is 24.5 Å². The molecule has 0 amide bonds. The minimum Gasteiger partial charge on any atom is -0.384 e. The molecule has 1 aliphatic rings. The van der Waals surface area contributed by atoms with Gasteiger partial charge in [0.25, 0.3) is 0 Å². The molecule has 3 heterocycles. The number of hydrogen-bond donors (Lipinski definition) is 0. The fourth-order valence-electron chi connectivity index (χ4n) is 3.44. The zero-order chi connectivity index (χ0) is 17.0. The van der Waals surface area contributed by atoms with Crippen LogP contribution in [0.4, 0.5) is 5.95 Å². The third-order valence-corrected chi connectivity index (χ3v) is 4.98. The third kappa shape index (κ3) is 3.59. The van der Waals surface area contributed by atoms with Gasteiger partial charge in [-0.1, -0.05) is 6.92 Å². The molecule has 1 saturated heterocycles. The largest absolute Gasteiger partial charge is 0.384 e. The van der Waals surface area contributed by atoms with Crippen molar-refractivity contribution in [3.05, 3.63) is 35.9 Å². The highest BCUT2D eigenvalue weighted by molar-refractivity contribution is 5.33. The van der Waals surface area contributed by atoms with Crippen molar-refractivity contribution in [1.82, 2.24) is 19.7 Å². The second kappa shape index (κ2) is 7.30. The van der Waals surface area contributed by atoms with Gasteiger partial charge in [0.1, 0.15) is 5.82 Å². The molecule has 2 aromatic heterocycles. The molecule has 0 bridgehead atoms. The quantitative estimate of drug-likeness (QED) is 0.815. The molecule has 1 fully saturated rings. The maximum atomic E-state index is 5.38. The van der Waals surface area contributed by atoms with Crippen LogP contribution in [0.1, 0.15) is 38.1 Å². The Kier molecular flexibility index (Phi) is 5.14. The van der Waals surface area contributed by atoms with Crippen LogP contribution in [0.2, 0.25) is 0 Å². The minimum absolute atomic E-state index is 0.280. The molecule has 6 nitrogen and oxygen atoms in total. The van der Waals surface area contributed by atoms with Crippen LogP contribution in [0.25, 0.3) is 0 Å². The van der Waals surface area contributed by atoms with Gasteiger partial charge >= 0.3 is 0 Å². The van der Waals surface area contributed by atoms with E-state index in [2.05, 4.69) is 38.5 Å². The zero-order valence-electron chi connectivity index (χ0n) is 14.9. The van der Waals surface area contributed by atoms with Gasteiger partial charge in [0, 0.05) is 45.6 Å². The summed E-state index contributed by atoms with van der Waals surface area (Å²) in [6.07, 6.45) is 6.68. The Labute approximate surface area is 143 Å². The first kappa shape index (κ1) is 16.9. The summed E-state index contributed by atoms with van der Waals surface area (Å²) in [4.78, 5) is 6.44. The second-order valence-electron chi connectivity index (χ2n) is 6.92. The van der Waals surface area contributed by atoms with Crippen molar-refractivity contribution in [3.8, 4) is 0 Å². The number of hydrogen-bond acceptors (Lipinski definition) is 5. The smallest absolute Gasteiger partial charge is 0.227 e. The summed E-state index contributed by atoms with van der Waals surface area (Å²) in [7, 11) is 1.79. The van der Waals surface area contributed by atoms with Gasteiger partial charge < -0.3 is 9.64 Å². The molecule has 3 rings (SSSR count). The summed E-state index contributed by atoms with van der Waals surface area (Å²) in [5.41, 5.74) is 1.49. The van der Waals surface area contributed by atoms with E-state index in [-0.39, 0.29) is 5.41 Å². The first-order valence-electron chi connectivity index (χ1n) is 8.70. The third-order valence-electron chi connectivity index (χ3n) is 4.98. The molecule has 0 aliphatic carbocycles. The highest BCUT2D eigenvalue weighted by atomic mass is 16.5. The first-order valence-corrected chi connectivity index (χ1v) is 8.70. The lowest BCUT2D eigenvalue weighted by Gasteiger charge is -2.39. The topological polar surface area (TPSA) is 56.1 Å². The Balaban J connectivity index is 1.73. The van der Waals surface area contributed by atoms with E-state index in [0.29, 0.717) is 0 Å². The molecule has 0 radical (unpaired) electrons. The minimum atomic E-state index is 0.280. The molecule has 0 aromatic carbocycles. The van der Waals surface area contributed by atoms with Crippen LogP contribution in [0.5, 0.6) is 0 Å². The Bertz CT molecular complexity index is 647. The van der Waals surface area contributed by atoms with Crippen molar-refractivity contribution >= 4 is 5.95 Å². The summed E-state index contributed by atoms with van der Waals surface area (Å²) in [6.45, 7) is 8.19. The van der Waals surface area contributed by atoms with Gasteiger partial charge in [0.15, 0.2) is 0 Å². The second-order valence-corrected chi connectivity index (χ2v) is 6.92. The van der Waals surface area contributed by atoms with Crippen molar-refractivity contribution in [2.75, 3.05) is 31.7 Å². The molecule has 0 spiro atoms. The lowest BCUT2D eigenvalue weighted by Crippen LogP contribution is -2.42. The van der Waals surface area contributed by atoms with Crippen LogP contribution >= 0.6 is 0 Å². The number of methoxy groups -OCH3 is 1. The van der Waals surface area contributed by atoms with E-state index in [0.717, 1.165) is 57.3 Å². The van der Waals surface area contributed by atoms with Gasteiger partial charge in [-0.2, -0.15) is 0 Å². The number of aromatic nitrogens is 4. The Morgan fingerprint density at radius 1 is 1.17 bits per heavy atom. The fourth-order valence-corrected chi connectivity index (χ4v) is 3.44. The average Bonchev–Trinajstić information content (AvgIpc) is 2.99. The Hall–Kier alpha value is -1.95. The summed E-state index contributed by atoms with van der Waals surface area (Å²) < 4.78 is 7.62. The Morgan fingerprint density at radius 2 is 1.88 bits per heavy atom. The van der Waals surface area contributed by atoms with Crippen molar-refractivity contribution in [3.63, 3.8) is 0 Å². The van der Waals surface area contributed by atoms with Crippen molar-refractivity contribution in [2.45, 2.75) is 39.7 Å². The number of pyridine rings is 1. The summed E-state index contributed by atoms with van der Waals surface area (Å²) >= 11 is 0. The van der Waals surface area contributed by atoms with E-state index in [9.17, 15) is 0 Å².